The Hall–Kier alpha value is -1.41. The highest BCUT2D eigenvalue weighted by molar-refractivity contribution is 5.31. The van der Waals surface area contributed by atoms with Gasteiger partial charge in [0.15, 0.2) is 5.54 Å². The summed E-state index contributed by atoms with van der Waals surface area (Å²) in [6.45, 7) is 1.85. The minimum atomic E-state index is -0.778. The highest BCUT2D eigenvalue weighted by atomic mass is 16.5. The second-order valence-electron chi connectivity index (χ2n) is 4.76. The number of hydrogen-bond acceptors (Lipinski definition) is 4. The Labute approximate surface area is 114 Å². The van der Waals surface area contributed by atoms with Crippen LogP contribution in [-0.4, -0.2) is 33.0 Å². The van der Waals surface area contributed by atoms with Crippen LogP contribution >= 0.6 is 0 Å². The maximum absolute atomic E-state index is 9.54. The number of ether oxygens (including phenoxy) is 2. The third kappa shape index (κ3) is 3.32. The van der Waals surface area contributed by atoms with Crippen molar-refractivity contribution in [3.8, 4) is 6.07 Å². The molecule has 1 unspecified atom stereocenters. The minimum Gasteiger partial charge on any atom is -0.381 e. The van der Waals surface area contributed by atoms with E-state index in [1.54, 1.807) is 7.05 Å². The quantitative estimate of drug-likeness (QED) is 0.877. The number of rotatable bonds is 5. The van der Waals surface area contributed by atoms with E-state index in [9.17, 15) is 5.26 Å². The van der Waals surface area contributed by atoms with Gasteiger partial charge in [0.05, 0.1) is 18.8 Å². The molecule has 1 aromatic carbocycles. The van der Waals surface area contributed by atoms with Gasteiger partial charge in [0.1, 0.15) is 0 Å². The van der Waals surface area contributed by atoms with Crippen molar-refractivity contribution in [2.24, 2.45) is 0 Å². The first-order valence-electron chi connectivity index (χ1n) is 6.66. The number of likely N-dealkylation sites (N-methyl/N-ethyl adjacent to an activating group) is 1. The summed E-state index contributed by atoms with van der Waals surface area (Å²) in [6.07, 6.45) is 2.00. The van der Waals surface area contributed by atoms with Crippen LogP contribution in [-0.2, 0) is 15.0 Å². The number of nitriles is 1. The second-order valence-corrected chi connectivity index (χ2v) is 4.76. The molecule has 1 N–H and O–H groups in total. The molecule has 0 aliphatic carbocycles. The molecule has 1 aliphatic rings. The van der Waals surface area contributed by atoms with Crippen LogP contribution in [0.1, 0.15) is 18.4 Å². The maximum Gasteiger partial charge on any atom is 0.155 e. The SMILES string of the molecule is CNC(C#N)(COC1CCOCC1)c1ccccc1. The Morgan fingerprint density at radius 3 is 2.63 bits per heavy atom. The summed E-state index contributed by atoms with van der Waals surface area (Å²) in [6, 6.07) is 12.1. The molecule has 0 aromatic heterocycles. The normalized spacial score (nSPS) is 19.6. The Balaban J connectivity index is 2.05. The standard InChI is InChI=1S/C15H20N2O2/c1-17-15(11-16,13-5-3-2-4-6-13)12-19-14-7-9-18-10-8-14/h2-6,14,17H,7-10,12H2,1H3. The average Bonchev–Trinajstić information content (AvgIpc) is 2.51. The van der Waals surface area contributed by atoms with E-state index in [2.05, 4.69) is 11.4 Å². The van der Waals surface area contributed by atoms with Gasteiger partial charge in [-0.3, -0.25) is 5.32 Å². The lowest BCUT2D eigenvalue weighted by molar-refractivity contribution is -0.0450. The van der Waals surface area contributed by atoms with E-state index in [1.165, 1.54) is 0 Å². The van der Waals surface area contributed by atoms with Crippen molar-refractivity contribution in [2.45, 2.75) is 24.5 Å². The van der Waals surface area contributed by atoms with E-state index in [-0.39, 0.29) is 6.10 Å². The molecule has 1 heterocycles. The van der Waals surface area contributed by atoms with Crippen molar-refractivity contribution in [3.63, 3.8) is 0 Å². The first-order chi connectivity index (χ1) is 9.30. The van der Waals surface area contributed by atoms with E-state index in [4.69, 9.17) is 9.47 Å². The molecule has 1 aliphatic heterocycles. The molecule has 2 rings (SSSR count). The van der Waals surface area contributed by atoms with Crippen LogP contribution in [0.5, 0.6) is 0 Å². The molecule has 0 amide bonds. The Morgan fingerprint density at radius 1 is 1.37 bits per heavy atom. The Bertz CT molecular complexity index is 424. The monoisotopic (exact) mass is 260 g/mol. The van der Waals surface area contributed by atoms with Crippen molar-refractivity contribution in [2.75, 3.05) is 26.9 Å². The van der Waals surface area contributed by atoms with Gasteiger partial charge in [-0.15, -0.1) is 0 Å². The zero-order valence-electron chi connectivity index (χ0n) is 11.3. The van der Waals surface area contributed by atoms with E-state index >= 15 is 0 Å². The molecule has 102 valence electrons. The van der Waals surface area contributed by atoms with Gasteiger partial charge in [-0.25, -0.2) is 0 Å². The highest BCUT2D eigenvalue weighted by Crippen LogP contribution is 2.22. The predicted octanol–water partition coefficient (Wildman–Crippen LogP) is 1.82. The third-order valence-corrected chi connectivity index (χ3v) is 3.59. The van der Waals surface area contributed by atoms with Gasteiger partial charge >= 0.3 is 0 Å². The average molecular weight is 260 g/mol. The summed E-state index contributed by atoms with van der Waals surface area (Å²) < 4.78 is 11.2. The van der Waals surface area contributed by atoms with Gasteiger partial charge in [0.25, 0.3) is 0 Å². The summed E-state index contributed by atoms with van der Waals surface area (Å²) in [5.41, 5.74) is 0.159. The smallest absolute Gasteiger partial charge is 0.155 e. The van der Waals surface area contributed by atoms with Crippen LogP contribution < -0.4 is 5.32 Å². The van der Waals surface area contributed by atoms with Crippen molar-refractivity contribution >= 4 is 0 Å². The fraction of sp³-hybridized carbons (Fsp3) is 0.533. The molecule has 1 aromatic rings. The number of hydrogen-bond donors (Lipinski definition) is 1. The van der Waals surface area contributed by atoms with Gasteiger partial charge in [-0.1, -0.05) is 30.3 Å². The lowest BCUT2D eigenvalue weighted by Crippen LogP contribution is -2.44. The predicted molar refractivity (Wildman–Crippen MR) is 72.6 cm³/mol. The zero-order chi connectivity index (χ0) is 13.6. The summed E-state index contributed by atoms with van der Waals surface area (Å²) in [4.78, 5) is 0. The summed E-state index contributed by atoms with van der Waals surface area (Å²) in [5.74, 6) is 0. The second kappa shape index (κ2) is 6.67. The summed E-state index contributed by atoms with van der Waals surface area (Å²) in [5, 5.41) is 12.6. The van der Waals surface area contributed by atoms with Crippen molar-refractivity contribution in [1.82, 2.24) is 5.32 Å². The van der Waals surface area contributed by atoms with Gasteiger partial charge in [0, 0.05) is 13.2 Å². The van der Waals surface area contributed by atoms with Gasteiger partial charge in [-0.05, 0) is 25.5 Å². The van der Waals surface area contributed by atoms with Crippen molar-refractivity contribution in [3.05, 3.63) is 35.9 Å². The first kappa shape index (κ1) is 14.0. The number of nitrogens with one attached hydrogen (secondary N) is 1. The molecule has 0 saturated carbocycles. The molecule has 1 fully saturated rings. The van der Waals surface area contributed by atoms with E-state index in [0.29, 0.717) is 6.61 Å². The Morgan fingerprint density at radius 2 is 2.05 bits per heavy atom. The van der Waals surface area contributed by atoms with E-state index in [0.717, 1.165) is 31.6 Å². The topological polar surface area (TPSA) is 54.3 Å². The zero-order valence-corrected chi connectivity index (χ0v) is 11.3. The molecule has 1 atom stereocenters. The fourth-order valence-corrected chi connectivity index (χ4v) is 2.26. The molecule has 1 saturated heterocycles. The summed E-state index contributed by atoms with van der Waals surface area (Å²) in [7, 11) is 1.80. The fourth-order valence-electron chi connectivity index (χ4n) is 2.26. The minimum absolute atomic E-state index is 0.193. The van der Waals surface area contributed by atoms with Gasteiger partial charge in [0.2, 0.25) is 0 Å². The molecular weight excluding hydrogens is 240 g/mol. The maximum atomic E-state index is 9.54. The molecule has 0 radical (unpaired) electrons. The van der Waals surface area contributed by atoms with Crippen LogP contribution in [0, 0.1) is 11.3 Å². The van der Waals surface area contributed by atoms with Crippen molar-refractivity contribution < 1.29 is 9.47 Å². The van der Waals surface area contributed by atoms with E-state index in [1.807, 2.05) is 30.3 Å². The third-order valence-electron chi connectivity index (χ3n) is 3.59. The molecule has 0 bridgehead atoms. The van der Waals surface area contributed by atoms with Gasteiger partial charge < -0.3 is 9.47 Å². The molecule has 0 spiro atoms. The molecule has 4 heteroatoms. The van der Waals surface area contributed by atoms with Crippen LogP contribution in [0.3, 0.4) is 0 Å². The molecule has 4 nitrogen and oxygen atoms in total. The first-order valence-corrected chi connectivity index (χ1v) is 6.66. The van der Waals surface area contributed by atoms with Crippen LogP contribution in [0.25, 0.3) is 0 Å². The lowest BCUT2D eigenvalue weighted by Gasteiger charge is -2.30. The number of benzene rings is 1. The van der Waals surface area contributed by atoms with Crippen molar-refractivity contribution in [1.29, 1.82) is 5.26 Å². The summed E-state index contributed by atoms with van der Waals surface area (Å²) >= 11 is 0. The highest BCUT2D eigenvalue weighted by Gasteiger charge is 2.32. The number of nitrogens with zero attached hydrogens (tertiary/aromatic N) is 1. The lowest BCUT2D eigenvalue weighted by atomic mass is 9.92. The Kier molecular flexibility index (Phi) is 4.92. The van der Waals surface area contributed by atoms with Gasteiger partial charge in [-0.2, -0.15) is 5.26 Å². The van der Waals surface area contributed by atoms with Crippen LogP contribution in [0.4, 0.5) is 0 Å². The van der Waals surface area contributed by atoms with Crippen LogP contribution in [0.2, 0.25) is 0 Å². The molecular formula is C15H20N2O2. The molecule has 19 heavy (non-hydrogen) atoms. The van der Waals surface area contributed by atoms with E-state index < -0.39 is 5.54 Å². The largest absolute Gasteiger partial charge is 0.381 e. The van der Waals surface area contributed by atoms with Crippen LogP contribution in [0.15, 0.2) is 30.3 Å².